The van der Waals surface area contributed by atoms with Gasteiger partial charge in [-0.05, 0) is 24.3 Å². The Morgan fingerprint density at radius 1 is 0.781 bits per heavy atom. The lowest BCUT2D eigenvalue weighted by Gasteiger charge is -2.12. The highest BCUT2D eigenvalue weighted by Gasteiger charge is 2.18. The molecule has 0 radical (unpaired) electrons. The van der Waals surface area contributed by atoms with Crippen molar-refractivity contribution in [3.05, 3.63) is 101 Å². The predicted octanol–water partition coefficient (Wildman–Crippen LogP) is 6.17. The van der Waals surface area contributed by atoms with Gasteiger partial charge in [0.25, 0.3) is 0 Å². The van der Waals surface area contributed by atoms with E-state index in [0.29, 0.717) is 6.54 Å². The molecule has 0 saturated carbocycles. The third kappa shape index (κ3) is 3.39. The molecule has 32 heavy (non-hydrogen) atoms. The smallest absolute Gasteiger partial charge is 0.196 e. The Kier molecular flexibility index (Phi) is 4.97. The van der Waals surface area contributed by atoms with E-state index < -0.39 is 0 Å². The molecule has 3 aromatic carbocycles. The SMILES string of the molecule is c1ccc(-n2c(Cn3c4ccccc4c4ccccc43)nnc2SCc2nccs2)cc1. The summed E-state index contributed by atoms with van der Waals surface area (Å²) < 4.78 is 4.51. The Morgan fingerprint density at radius 2 is 1.47 bits per heavy atom. The van der Waals surface area contributed by atoms with Gasteiger partial charge in [-0.3, -0.25) is 4.57 Å². The van der Waals surface area contributed by atoms with Crippen LogP contribution in [0.15, 0.2) is 95.6 Å². The minimum absolute atomic E-state index is 0.633. The van der Waals surface area contributed by atoms with Gasteiger partial charge in [0.1, 0.15) is 5.01 Å². The summed E-state index contributed by atoms with van der Waals surface area (Å²) in [6.45, 7) is 0.633. The molecular formula is C25H19N5S2. The number of hydrogen-bond donors (Lipinski definition) is 0. The lowest BCUT2D eigenvalue weighted by molar-refractivity contribution is 0.754. The van der Waals surface area contributed by atoms with E-state index in [0.717, 1.165) is 27.4 Å². The number of thioether (sulfide) groups is 1. The van der Waals surface area contributed by atoms with Gasteiger partial charge < -0.3 is 4.57 Å². The Morgan fingerprint density at radius 3 is 2.16 bits per heavy atom. The van der Waals surface area contributed by atoms with Gasteiger partial charge in [0.2, 0.25) is 0 Å². The summed E-state index contributed by atoms with van der Waals surface area (Å²) >= 11 is 3.33. The van der Waals surface area contributed by atoms with Crippen molar-refractivity contribution < 1.29 is 0 Å². The maximum atomic E-state index is 4.64. The second-order valence-corrected chi connectivity index (χ2v) is 9.33. The van der Waals surface area contributed by atoms with Crippen molar-refractivity contribution in [2.24, 2.45) is 0 Å². The monoisotopic (exact) mass is 453 g/mol. The molecule has 5 nitrogen and oxygen atoms in total. The van der Waals surface area contributed by atoms with Gasteiger partial charge in [0, 0.05) is 39.1 Å². The third-order valence-corrected chi connectivity index (χ3v) is 7.40. The molecule has 6 rings (SSSR count). The van der Waals surface area contributed by atoms with Crippen molar-refractivity contribution in [2.45, 2.75) is 17.5 Å². The van der Waals surface area contributed by atoms with Gasteiger partial charge in [-0.2, -0.15) is 0 Å². The van der Waals surface area contributed by atoms with Gasteiger partial charge in [-0.25, -0.2) is 4.98 Å². The van der Waals surface area contributed by atoms with E-state index >= 15 is 0 Å². The summed E-state index contributed by atoms with van der Waals surface area (Å²) in [7, 11) is 0. The van der Waals surface area contributed by atoms with Crippen molar-refractivity contribution in [3.63, 3.8) is 0 Å². The summed E-state index contributed by atoms with van der Waals surface area (Å²) in [6.07, 6.45) is 1.84. The number of fused-ring (bicyclic) bond motifs is 3. The van der Waals surface area contributed by atoms with Crippen LogP contribution in [-0.2, 0) is 12.3 Å². The van der Waals surface area contributed by atoms with Gasteiger partial charge in [-0.15, -0.1) is 21.5 Å². The molecule has 0 bridgehead atoms. The zero-order valence-corrected chi connectivity index (χ0v) is 18.8. The first kappa shape index (κ1) is 19.3. The normalized spacial score (nSPS) is 11.5. The maximum Gasteiger partial charge on any atom is 0.196 e. The van der Waals surface area contributed by atoms with Crippen LogP contribution in [0.2, 0.25) is 0 Å². The van der Waals surface area contributed by atoms with Crippen molar-refractivity contribution in [3.8, 4) is 5.69 Å². The van der Waals surface area contributed by atoms with Crippen LogP contribution in [0.1, 0.15) is 10.8 Å². The molecule has 0 saturated heterocycles. The molecule has 0 N–H and O–H groups in total. The number of rotatable bonds is 6. The van der Waals surface area contributed by atoms with Gasteiger partial charge in [-0.1, -0.05) is 66.4 Å². The molecule has 0 aliphatic heterocycles. The quantitative estimate of drug-likeness (QED) is 0.283. The molecule has 0 spiro atoms. The number of benzene rings is 3. The van der Waals surface area contributed by atoms with Crippen molar-refractivity contribution >= 4 is 44.9 Å². The minimum Gasteiger partial charge on any atom is -0.333 e. The molecule has 0 amide bonds. The third-order valence-electron chi connectivity index (χ3n) is 5.50. The van der Waals surface area contributed by atoms with Crippen molar-refractivity contribution in [1.29, 1.82) is 0 Å². The topological polar surface area (TPSA) is 48.5 Å². The van der Waals surface area contributed by atoms with Crippen LogP contribution in [0.25, 0.3) is 27.5 Å². The molecule has 3 aromatic heterocycles. The average Bonchev–Trinajstić information content (AvgIpc) is 3.58. The van der Waals surface area contributed by atoms with Crippen LogP contribution < -0.4 is 0 Å². The highest BCUT2D eigenvalue weighted by Crippen LogP contribution is 2.31. The number of nitrogens with zero attached hydrogens (tertiary/aromatic N) is 5. The zero-order chi connectivity index (χ0) is 21.3. The van der Waals surface area contributed by atoms with E-state index in [-0.39, 0.29) is 0 Å². The first-order chi connectivity index (χ1) is 15.9. The number of hydrogen-bond acceptors (Lipinski definition) is 5. The summed E-state index contributed by atoms with van der Waals surface area (Å²) in [4.78, 5) is 4.41. The first-order valence-corrected chi connectivity index (χ1v) is 12.2. The van der Waals surface area contributed by atoms with E-state index in [1.54, 1.807) is 23.1 Å². The minimum atomic E-state index is 0.633. The fourth-order valence-electron chi connectivity index (χ4n) is 4.10. The van der Waals surface area contributed by atoms with Crippen LogP contribution in [0.3, 0.4) is 0 Å². The molecule has 6 aromatic rings. The van der Waals surface area contributed by atoms with E-state index in [1.165, 1.54) is 21.8 Å². The Bertz CT molecular complexity index is 1450. The number of aromatic nitrogens is 5. The highest BCUT2D eigenvalue weighted by molar-refractivity contribution is 7.98. The number of para-hydroxylation sites is 3. The highest BCUT2D eigenvalue weighted by atomic mass is 32.2. The lowest BCUT2D eigenvalue weighted by Crippen LogP contribution is -2.08. The predicted molar refractivity (Wildman–Crippen MR) is 132 cm³/mol. The lowest BCUT2D eigenvalue weighted by atomic mass is 10.2. The zero-order valence-electron chi connectivity index (χ0n) is 17.1. The Balaban J connectivity index is 1.46. The summed E-state index contributed by atoms with van der Waals surface area (Å²) in [6, 6.07) is 27.4. The van der Waals surface area contributed by atoms with Crippen LogP contribution in [-0.4, -0.2) is 24.3 Å². The average molecular weight is 454 g/mol. The Hall–Kier alpha value is -3.42. The molecule has 0 unspecified atom stereocenters. The molecule has 0 aliphatic rings. The van der Waals surface area contributed by atoms with Crippen molar-refractivity contribution in [1.82, 2.24) is 24.3 Å². The Labute approximate surface area is 193 Å². The molecule has 0 aliphatic carbocycles. The van der Waals surface area contributed by atoms with Crippen LogP contribution in [0, 0.1) is 0 Å². The molecule has 7 heteroatoms. The molecule has 0 atom stereocenters. The molecule has 3 heterocycles. The van der Waals surface area contributed by atoms with Crippen LogP contribution in [0.4, 0.5) is 0 Å². The second kappa shape index (κ2) is 8.26. The second-order valence-electron chi connectivity index (χ2n) is 7.40. The van der Waals surface area contributed by atoms with E-state index in [4.69, 9.17) is 0 Å². The van der Waals surface area contributed by atoms with Gasteiger partial charge in [0.15, 0.2) is 11.0 Å². The van der Waals surface area contributed by atoms with Crippen molar-refractivity contribution in [2.75, 3.05) is 0 Å². The van der Waals surface area contributed by atoms with E-state index in [9.17, 15) is 0 Å². The number of thiazole rings is 1. The summed E-state index contributed by atoms with van der Waals surface area (Å²) in [5.41, 5.74) is 3.47. The van der Waals surface area contributed by atoms with Crippen LogP contribution in [0.5, 0.6) is 0 Å². The van der Waals surface area contributed by atoms with Crippen LogP contribution >= 0.6 is 23.1 Å². The molecule has 156 valence electrons. The fourth-order valence-corrected chi connectivity index (χ4v) is 5.71. The van der Waals surface area contributed by atoms with Gasteiger partial charge in [0.05, 0.1) is 12.3 Å². The molecular weight excluding hydrogens is 434 g/mol. The first-order valence-electron chi connectivity index (χ1n) is 10.4. The summed E-state index contributed by atoms with van der Waals surface area (Å²) in [5.74, 6) is 1.68. The molecule has 0 fully saturated rings. The standard InChI is InChI=1S/C25H19N5S2/c1-2-8-18(9-3-1)30-23(27-28-25(30)32-17-24-26-14-15-31-24)16-29-21-12-6-4-10-19(21)20-11-5-7-13-22(20)29/h1-15H,16-17H2. The fraction of sp³-hybridized carbons (Fsp3) is 0.0800. The largest absolute Gasteiger partial charge is 0.333 e. The maximum absolute atomic E-state index is 4.64. The van der Waals surface area contributed by atoms with E-state index in [2.05, 4.69) is 97.1 Å². The summed E-state index contributed by atoms with van der Waals surface area (Å²) in [5, 5.41) is 15.7. The van der Waals surface area contributed by atoms with Gasteiger partial charge >= 0.3 is 0 Å². The van der Waals surface area contributed by atoms with E-state index in [1.807, 2.05) is 17.6 Å².